The van der Waals surface area contributed by atoms with Gasteiger partial charge in [0, 0.05) is 27.2 Å². The molecule has 4 rings (SSSR count). The molecule has 0 bridgehead atoms. The number of rotatable bonds is 8. The van der Waals surface area contributed by atoms with Crippen LogP contribution in [0.5, 0.6) is 0 Å². The highest BCUT2D eigenvalue weighted by Gasteiger charge is 2.20. The Hall–Kier alpha value is -4.10. The third-order valence-electron chi connectivity index (χ3n) is 6.05. The maximum absolute atomic E-state index is 13.2. The first-order valence-electron chi connectivity index (χ1n) is 12.0. The zero-order valence-corrected chi connectivity index (χ0v) is 21.7. The quantitative estimate of drug-likeness (QED) is 0.223. The van der Waals surface area contributed by atoms with Crippen molar-refractivity contribution in [2.45, 2.75) is 37.3 Å². The lowest BCUT2D eigenvalue weighted by atomic mass is 9.98. The van der Waals surface area contributed by atoms with E-state index in [1.165, 1.54) is 17.8 Å². The Morgan fingerprint density at radius 3 is 2.24 bits per heavy atom. The van der Waals surface area contributed by atoms with Crippen LogP contribution in [-0.4, -0.2) is 28.1 Å². The average Bonchev–Trinajstić information content (AvgIpc) is 2.88. The number of amides is 2. The van der Waals surface area contributed by atoms with Gasteiger partial charge in [0.1, 0.15) is 0 Å². The van der Waals surface area contributed by atoms with Crippen molar-refractivity contribution in [1.82, 2.24) is 0 Å². The SMILES string of the molecule is CCC(Sc1cccc(NC(=O)c2cccc3cccc(C(=O)O)c23)c1)C(=O)Nc1ccc(C)cc1C. The molecule has 0 saturated carbocycles. The Kier molecular flexibility index (Phi) is 7.94. The number of carboxylic acid groups (broad SMARTS) is 1. The summed E-state index contributed by atoms with van der Waals surface area (Å²) >= 11 is 1.43. The largest absolute Gasteiger partial charge is 0.478 e. The molecule has 0 aliphatic carbocycles. The molecule has 2 amide bonds. The topological polar surface area (TPSA) is 95.5 Å². The van der Waals surface area contributed by atoms with E-state index in [0.717, 1.165) is 21.7 Å². The van der Waals surface area contributed by atoms with Gasteiger partial charge in [-0.2, -0.15) is 0 Å². The molecule has 4 aromatic carbocycles. The van der Waals surface area contributed by atoms with Crippen molar-refractivity contribution >= 4 is 51.7 Å². The molecule has 0 saturated heterocycles. The first-order chi connectivity index (χ1) is 17.8. The average molecular weight is 513 g/mol. The van der Waals surface area contributed by atoms with Gasteiger partial charge >= 0.3 is 5.97 Å². The molecule has 0 aliphatic rings. The van der Waals surface area contributed by atoms with E-state index in [2.05, 4.69) is 10.6 Å². The Labute approximate surface area is 220 Å². The van der Waals surface area contributed by atoms with Crippen LogP contribution in [0.4, 0.5) is 11.4 Å². The maximum Gasteiger partial charge on any atom is 0.336 e. The van der Waals surface area contributed by atoms with Crippen molar-refractivity contribution in [2.75, 3.05) is 10.6 Å². The first kappa shape index (κ1) is 26.0. The number of thioether (sulfide) groups is 1. The lowest BCUT2D eigenvalue weighted by Gasteiger charge is -2.17. The lowest BCUT2D eigenvalue weighted by molar-refractivity contribution is -0.115. The molecule has 188 valence electrons. The van der Waals surface area contributed by atoms with Gasteiger partial charge in [0.2, 0.25) is 5.91 Å². The fraction of sp³-hybridized carbons (Fsp3) is 0.167. The summed E-state index contributed by atoms with van der Waals surface area (Å²) in [5.74, 6) is -1.57. The van der Waals surface area contributed by atoms with E-state index in [9.17, 15) is 19.5 Å². The standard InChI is InChI=1S/C30H28N2O4S/c1-4-26(29(34)32-25-15-14-18(2)16-19(25)3)37-22-11-7-10-21(17-22)31-28(33)23-12-5-8-20-9-6-13-24(27(20)23)30(35)36/h5-17,26H,4H2,1-3H3,(H,31,33)(H,32,34)(H,35,36). The van der Waals surface area contributed by atoms with Crippen LogP contribution in [0.15, 0.2) is 83.8 Å². The molecule has 1 unspecified atom stereocenters. The van der Waals surface area contributed by atoms with Gasteiger partial charge in [0.25, 0.3) is 5.91 Å². The second-order valence-electron chi connectivity index (χ2n) is 8.82. The van der Waals surface area contributed by atoms with Crippen LogP contribution >= 0.6 is 11.8 Å². The van der Waals surface area contributed by atoms with Crippen LogP contribution in [0.2, 0.25) is 0 Å². The zero-order valence-electron chi connectivity index (χ0n) is 20.9. The fourth-order valence-electron chi connectivity index (χ4n) is 4.21. The highest BCUT2D eigenvalue weighted by Crippen LogP contribution is 2.30. The van der Waals surface area contributed by atoms with E-state index in [1.807, 2.05) is 57.2 Å². The second kappa shape index (κ2) is 11.3. The minimum absolute atomic E-state index is 0.0770. The number of carboxylic acids is 1. The lowest BCUT2D eigenvalue weighted by Crippen LogP contribution is -2.25. The Morgan fingerprint density at radius 1 is 0.865 bits per heavy atom. The molecular weight excluding hydrogens is 484 g/mol. The van der Waals surface area contributed by atoms with E-state index in [1.54, 1.807) is 36.4 Å². The summed E-state index contributed by atoms with van der Waals surface area (Å²) in [7, 11) is 0. The zero-order chi connectivity index (χ0) is 26.5. The molecule has 37 heavy (non-hydrogen) atoms. The predicted octanol–water partition coefficient (Wildman–Crippen LogP) is 6.92. The van der Waals surface area contributed by atoms with Crippen molar-refractivity contribution in [1.29, 1.82) is 0 Å². The number of fused-ring (bicyclic) bond motifs is 1. The highest BCUT2D eigenvalue weighted by molar-refractivity contribution is 8.00. The van der Waals surface area contributed by atoms with Gasteiger partial charge in [-0.3, -0.25) is 9.59 Å². The molecule has 6 nitrogen and oxygen atoms in total. The Balaban J connectivity index is 1.52. The third kappa shape index (κ3) is 6.01. The summed E-state index contributed by atoms with van der Waals surface area (Å²) in [5.41, 5.74) is 3.87. The Morgan fingerprint density at radius 2 is 1.57 bits per heavy atom. The number of nitrogens with one attached hydrogen (secondary N) is 2. The molecule has 1 atom stereocenters. The van der Waals surface area contributed by atoms with Crippen molar-refractivity contribution < 1.29 is 19.5 Å². The molecule has 0 heterocycles. The van der Waals surface area contributed by atoms with Gasteiger partial charge in [-0.05, 0) is 67.6 Å². The molecule has 7 heteroatoms. The first-order valence-corrected chi connectivity index (χ1v) is 12.9. The van der Waals surface area contributed by atoms with Crippen molar-refractivity contribution in [3.05, 3.63) is 101 Å². The van der Waals surface area contributed by atoms with Crippen LogP contribution in [-0.2, 0) is 4.79 Å². The fourth-order valence-corrected chi connectivity index (χ4v) is 5.22. The molecule has 0 radical (unpaired) electrons. The maximum atomic E-state index is 13.2. The number of aryl methyl sites for hydroxylation is 2. The van der Waals surface area contributed by atoms with Gasteiger partial charge in [0.15, 0.2) is 0 Å². The van der Waals surface area contributed by atoms with Gasteiger partial charge in [-0.15, -0.1) is 11.8 Å². The normalized spacial score (nSPS) is 11.6. The molecular formula is C30H28N2O4S. The number of anilines is 2. The van der Waals surface area contributed by atoms with Gasteiger partial charge in [-0.1, -0.05) is 55.0 Å². The van der Waals surface area contributed by atoms with Crippen LogP contribution < -0.4 is 10.6 Å². The third-order valence-corrected chi connectivity index (χ3v) is 7.41. The monoisotopic (exact) mass is 512 g/mol. The van der Waals surface area contributed by atoms with Crippen molar-refractivity contribution in [3.8, 4) is 0 Å². The van der Waals surface area contributed by atoms with Gasteiger partial charge < -0.3 is 15.7 Å². The van der Waals surface area contributed by atoms with Gasteiger partial charge in [0.05, 0.1) is 10.8 Å². The summed E-state index contributed by atoms with van der Waals surface area (Å²) in [5, 5.41) is 16.3. The number of carbonyl (C=O) groups is 3. The number of hydrogen-bond acceptors (Lipinski definition) is 4. The Bertz CT molecular complexity index is 1490. The van der Waals surface area contributed by atoms with Crippen LogP contribution in [0, 0.1) is 13.8 Å². The summed E-state index contributed by atoms with van der Waals surface area (Å²) in [6, 6.07) is 23.3. The van der Waals surface area contributed by atoms with Crippen LogP contribution in [0.1, 0.15) is 45.2 Å². The predicted molar refractivity (Wildman–Crippen MR) is 150 cm³/mol. The molecule has 0 fully saturated rings. The second-order valence-corrected chi connectivity index (χ2v) is 10.1. The summed E-state index contributed by atoms with van der Waals surface area (Å²) in [6.07, 6.45) is 0.631. The van der Waals surface area contributed by atoms with Crippen LogP contribution in [0.25, 0.3) is 10.8 Å². The summed E-state index contributed by atoms with van der Waals surface area (Å²) in [4.78, 5) is 38.8. The van der Waals surface area contributed by atoms with E-state index in [0.29, 0.717) is 22.9 Å². The van der Waals surface area contributed by atoms with E-state index in [-0.39, 0.29) is 22.3 Å². The molecule has 4 aromatic rings. The van der Waals surface area contributed by atoms with E-state index >= 15 is 0 Å². The van der Waals surface area contributed by atoms with Crippen LogP contribution in [0.3, 0.4) is 0 Å². The summed E-state index contributed by atoms with van der Waals surface area (Å²) < 4.78 is 0. The minimum Gasteiger partial charge on any atom is -0.478 e. The number of benzene rings is 4. The van der Waals surface area contributed by atoms with Gasteiger partial charge in [-0.25, -0.2) is 4.79 Å². The minimum atomic E-state index is -1.09. The van der Waals surface area contributed by atoms with Crippen molar-refractivity contribution in [3.63, 3.8) is 0 Å². The molecule has 0 aromatic heterocycles. The highest BCUT2D eigenvalue weighted by atomic mass is 32.2. The van der Waals surface area contributed by atoms with Crippen molar-refractivity contribution in [2.24, 2.45) is 0 Å². The number of carbonyl (C=O) groups excluding carboxylic acids is 2. The van der Waals surface area contributed by atoms with E-state index < -0.39 is 11.9 Å². The van der Waals surface area contributed by atoms with E-state index in [4.69, 9.17) is 0 Å². The number of hydrogen-bond donors (Lipinski definition) is 3. The summed E-state index contributed by atoms with van der Waals surface area (Å²) in [6.45, 7) is 5.95. The number of aromatic carboxylic acids is 1. The molecule has 0 spiro atoms. The molecule has 0 aliphatic heterocycles. The smallest absolute Gasteiger partial charge is 0.336 e. The molecule has 3 N–H and O–H groups in total.